The summed E-state index contributed by atoms with van der Waals surface area (Å²) in [6.45, 7) is 0.262. The number of carbonyl (C=O) groups is 1. The lowest BCUT2D eigenvalue weighted by atomic mass is 9.91. The van der Waals surface area contributed by atoms with Crippen LogP contribution in [0, 0.1) is 0 Å². The predicted molar refractivity (Wildman–Crippen MR) is 105 cm³/mol. The van der Waals surface area contributed by atoms with Crippen LogP contribution in [0.2, 0.25) is 0 Å². The molecule has 0 unspecified atom stereocenters. The average molecular weight is 414 g/mol. The molecule has 1 heterocycles. The fourth-order valence-corrected chi connectivity index (χ4v) is 3.74. The molecule has 1 aliphatic heterocycles. The molecule has 2 aromatic carbocycles. The van der Waals surface area contributed by atoms with E-state index >= 15 is 0 Å². The van der Waals surface area contributed by atoms with Gasteiger partial charge in [-0.3, -0.25) is 14.6 Å². The summed E-state index contributed by atoms with van der Waals surface area (Å²) in [7, 11) is -4.57. The summed E-state index contributed by atoms with van der Waals surface area (Å²) in [6.07, 6.45) is 5.49. The number of aldehydes is 1. The molecule has 0 saturated heterocycles. The monoisotopic (exact) mass is 414 g/mol. The number of carbonyl (C=O) groups excluding carboxylic acids is 1. The van der Waals surface area contributed by atoms with Crippen molar-refractivity contribution in [2.75, 3.05) is 0 Å². The number of hydrogen-bond donors (Lipinski definition) is 2. The van der Waals surface area contributed by atoms with Crippen LogP contribution in [-0.4, -0.2) is 16.1 Å². The second kappa shape index (κ2) is 7.87. The van der Waals surface area contributed by atoms with Crippen molar-refractivity contribution in [1.82, 2.24) is 0 Å². The predicted octanol–water partition coefficient (Wildman–Crippen LogP) is 4.15. The van der Waals surface area contributed by atoms with Crippen molar-refractivity contribution in [2.24, 2.45) is 0 Å². The molecule has 0 bridgehead atoms. The van der Waals surface area contributed by atoms with Crippen molar-refractivity contribution in [3.8, 4) is 17.2 Å². The zero-order valence-electron chi connectivity index (χ0n) is 15.4. The molecule has 4 rings (SSSR count). The highest BCUT2D eigenvalue weighted by atomic mass is 31.2. The maximum Gasteiger partial charge on any atom is 0.524 e. The smallest absolute Gasteiger partial charge is 0.489 e. The van der Waals surface area contributed by atoms with E-state index in [0.29, 0.717) is 22.8 Å². The third-order valence-electron chi connectivity index (χ3n) is 4.70. The fourth-order valence-electron chi connectivity index (χ4n) is 3.34. The minimum atomic E-state index is -4.57. The van der Waals surface area contributed by atoms with Crippen molar-refractivity contribution >= 4 is 20.2 Å². The van der Waals surface area contributed by atoms with E-state index in [1.165, 1.54) is 12.1 Å². The SMILES string of the molecule is O=CC1=C2Oc3cc(OCc4ccc(OP(=O)(O)O)cc4)ccc3C=C2CCC1. The number of benzene rings is 2. The number of rotatable bonds is 6. The molecule has 0 atom stereocenters. The van der Waals surface area contributed by atoms with E-state index in [0.717, 1.165) is 42.2 Å². The highest BCUT2D eigenvalue weighted by Crippen LogP contribution is 2.40. The first kappa shape index (κ1) is 19.5. The van der Waals surface area contributed by atoms with Gasteiger partial charge in [-0.25, -0.2) is 4.57 Å². The first-order valence-electron chi connectivity index (χ1n) is 9.09. The first-order valence-corrected chi connectivity index (χ1v) is 10.6. The molecule has 0 saturated carbocycles. The van der Waals surface area contributed by atoms with Gasteiger partial charge in [0.2, 0.25) is 0 Å². The van der Waals surface area contributed by atoms with Crippen molar-refractivity contribution in [2.45, 2.75) is 25.9 Å². The summed E-state index contributed by atoms with van der Waals surface area (Å²) in [4.78, 5) is 29.0. The van der Waals surface area contributed by atoms with Crippen LogP contribution >= 0.6 is 7.82 Å². The van der Waals surface area contributed by atoms with Gasteiger partial charge in [0.25, 0.3) is 0 Å². The van der Waals surface area contributed by atoms with E-state index in [2.05, 4.69) is 10.6 Å². The van der Waals surface area contributed by atoms with E-state index in [-0.39, 0.29) is 12.4 Å². The van der Waals surface area contributed by atoms with Gasteiger partial charge in [0.1, 0.15) is 35.9 Å². The highest BCUT2D eigenvalue weighted by Gasteiger charge is 2.24. The summed E-state index contributed by atoms with van der Waals surface area (Å²) in [6, 6.07) is 11.8. The Labute approximate surface area is 167 Å². The van der Waals surface area contributed by atoms with E-state index in [1.54, 1.807) is 18.2 Å². The lowest BCUT2D eigenvalue weighted by Gasteiger charge is -2.26. The van der Waals surface area contributed by atoms with Crippen molar-refractivity contribution in [3.63, 3.8) is 0 Å². The molecular weight excluding hydrogens is 395 g/mol. The van der Waals surface area contributed by atoms with Gasteiger partial charge in [-0.15, -0.1) is 0 Å². The molecule has 150 valence electrons. The normalized spacial score (nSPS) is 15.6. The Bertz CT molecular complexity index is 1050. The number of allylic oxidation sites excluding steroid dienone is 2. The summed E-state index contributed by atoms with van der Waals surface area (Å²) < 4.78 is 27.2. The second-order valence-electron chi connectivity index (χ2n) is 6.81. The minimum Gasteiger partial charge on any atom is -0.489 e. The van der Waals surface area contributed by atoms with Gasteiger partial charge in [0, 0.05) is 17.2 Å². The summed E-state index contributed by atoms with van der Waals surface area (Å²) in [5, 5.41) is 0. The number of fused-ring (bicyclic) bond motifs is 2. The summed E-state index contributed by atoms with van der Waals surface area (Å²) in [5.41, 5.74) is 3.50. The highest BCUT2D eigenvalue weighted by molar-refractivity contribution is 7.46. The van der Waals surface area contributed by atoms with Gasteiger partial charge in [0.05, 0.1) is 0 Å². The van der Waals surface area contributed by atoms with Crippen LogP contribution in [0.5, 0.6) is 17.2 Å². The largest absolute Gasteiger partial charge is 0.524 e. The minimum absolute atomic E-state index is 0.0820. The zero-order chi connectivity index (χ0) is 20.4. The molecule has 0 aromatic heterocycles. The Balaban J connectivity index is 1.46. The fraction of sp³-hybridized carbons (Fsp3) is 0.190. The Kier molecular flexibility index (Phi) is 5.28. The third-order valence-corrected chi connectivity index (χ3v) is 5.15. The Morgan fingerprint density at radius 1 is 1.07 bits per heavy atom. The van der Waals surface area contributed by atoms with Crippen LogP contribution in [0.25, 0.3) is 6.08 Å². The van der Waals surface area contributed by atoms with Gasteiger partial charge in [-0.2, -0.15) is 0 Å². The van der Waals surface area contributed by atoms with Crippen LogP contribution < -0.4 is 14.0 Å². The molecule has 0 fully saturated rings. The quantitative estimate of drug-likeness (QED) is 0.541. The number of phosphoric acid groups is 1. The average Bonchev–Trinajstić information content (AvgIpc) is 2.70. The van der Waals surface area contributed by atoms with Crippen molar-refractivity contribution in [3.05, 3.63) is 70.5 Å². The molecular formula is C21H19O7P. The van der Waals surface area contributed by atoms with Gasteiger partial charge >= 0.3 is 7.82 Å². The third kappa shape index (κ3) is 4.59. The van der Waals surface area contributed by atoms with Crippen LogP contribution in [0.15, 0.2) is 59.4 Å². The summed E-state index contributed by atoms with van der Waals surface area (Å²) >= 11 is 0. The van der Waals surface area contributed by atoms with Gasteiger partial charge < -0.3 is 14.0 Å². The van der Waals surface area contributed by atoms with Gasteiger partial charge in [-0.1, -0.05) is 12.1 Å². The molecule has 29 heavy (non-hydrogen) atoms. The lowest BCUT2D eigenvalue weighted by Crippen LogP contribution is -2.13. The molecule has 8 heteroatoms. The first-order chi connectivity index (χ1) is 13.9. The second-order valence-corrected chi connectivity index (χ2v) is 7.98. The van der Waals surface area contributed by atoms with Crippen LogP contribution in [0.3, 0.4) is 0 Å². The lowest BCUT2D eigenvalue weighted by molar-refractivity contribution is -0.105. The van der Waals surface area contributed by atoms with Crippen LogP contribution in [0.1, 0.15) is 30.4 Å². The van der Waals surface area contributed by atoms with Gasteiger partial charge in [0.15, 0.2) is 0 Å². The van der Waals surface area contributed by atoms with E-state index < -0.39 is 7.82 Å². The number of phosphoric ester groups is 1. The Morgan fingerprint density at radius 2 is 1.83 bits per heavy atom. The molecule has 0 radical (unpaired) electrons. The number of ether oxygens (including phenoxy) is 2. The molecule has 2 N–H and O–H groups in total. The Hall–Kier alpha value is -2.86. The van der Waals surface area contributed by atoms with Crippen molar-refractivity contribution < 1.29 is 33.1 Å². The van der Waals surface area contributed by atoms with E-state index in [4.69, 9.17) is 19.3 Å². The van der Waals surface area contributed by atoms with E-state index in [9.17, 15) is 9.36 Å². The Morgan fingerprint density at radius 3 is 2.55 bits per heavy atom. The number of hydrogen-bond acceptors (Lipinski definition) is 5. The maximum absolute atomic E-state index is 11.3. The zero-order valence-corrected chi connectivity index (χ0v) is 16.3. The topological polar surface area (TPSA) is 102 Å². The molecule has 0 amide bonds. The standard InChI is InChI=1S/C21H19O7P/c22-12-17-3-1-2-16-10-15-6-9-19(11-20(15)27-21(16)17)26-13-14-4-7-18(8-5-14)28-29(23,24)25/h4-12H,1-3,13H2,(H2,23,24,25). The molecule has 2 aliphatic rings. The summed E-state index contributed by atoms with van der Waals surface area (Å²) in [5.74, 6) is 2.00. The van der Waals surface area contributed by atoms with Crippen LogP contribution in [-0.2, 0) is 16.0 Å². The molecule has 1 aliphatic carbocycles. The van der Waals surface area contributed by atoms with Crippen LogP contribution in [0.4, 0.5) is 0 Å². The van der Waals surface area contributed by atoms with Crippen molar-refractivity contribution in [1.29, 1.82) is 0 Å². The maximum atomic E-state index is 11.3. The molecule has 0 spiro atoms. The molecule has 2 aromatic rings. The molecule has 7 nitrogen and oxygen atoms in total. The van der Waals surface area contributed by atoms with Gasteiger partial charge in [-0.05, 0) is 60.7 Å². The van der Waals surface area contributed by atoms with E-state index in [1.807, 2.05) is 12.1 Å².